The van der Waals surface area contributed by atoms with E-state index in [1.807, 2.05) is 0 Å². The molecule has 0 saturated carbocycles. The van der Waals surface area contributed by atoms with Gasteiger partial charge in [-0.15, -0.1) is 0 Å². The van der Waals surface area contributed by atoms with Crippen molar-refractivity contribution in [3.63, 3.8) is 0 Å². The van der Waals surface area contributed by atoms with Gasteiger partial charge in [0.25, 0.3) is 0 Å². The first-order valence-corrected chi connectivity index (χ1v) is 12.4. The molecule has 1 nitrogen and oxygen atoms in total. The van der Waals surface area contributed by atoms with Crippen LogP contribution in [0.3, 0.4) is 0 Å². The topological polar surface area (TPSA) is 9.23 Å². The van der Waals surface area contributed by atoms with Gasteiger partial charge in [0.2, 0.25) is 0 Å². The van der Waals surface area contributed by atoms with Crippen LogP contribution in [0.25, 0.3) is 0 Å². The SMILES string of the molecule is CCCCCCOc1ccc([I+]c2ccc(CCCCCC)cc2)cc1. The summed E-state index contributed by atoms with van der Waals surface area (Å²) in [5.74, 6) is 1.01. The van der Waals surface area contributed by atoms with E-state index in [2.05, 4.69) is 62.4 Å². The van der Waals surface area contributed by atoms with Crippen molar-refractivity contribution in [2.45, 2.75) is 71.6 Å². The number of benzene rings is 2. The molecule has 0 aliphatic carbocycles. The fourth-order valence-electron chi connectivity index (χ4n) is 2.91. The van der Waals surface area contributed by atoms with Crippen molar-refractivity contribution in [1.82, 2.24) is 0 Å². The minimum atomic E-state index is -0.0940. The van der Waals surface area contributed by atoms with Crippen LogP contribution in [0.1, 0.15) is 70.8 Å². The highest BCUT2D eigenvalue weighted by molar-refractivity contribution is 5.21. The van der Waals surface area contributed by atoms with Gasteiger partial charge in [-0.1, -0.05) is 64.5 Å². The summed E-state index contributed by atoms with van der Waals surface area (Å²) in [6.45, 7) is 5.35. The summed E-state index contributed by atoms with van der Waals surface area (Å²) in [7, 11) is 0. The Morgan fingerprint density at radius 2 is 1.23 bits per heavy atom. The zero-order chi connectivity index (χ0) is 18.5. The maximum Gasteiger partial charge on any atom is 0.357 e. The predicted molar refractivity (Wildman–Crippen MR) is 108 cm³/mol. The van der Waals surface area contributed by atoms with Gasteiger partial charge in [0.05, 0.1) is 6.61 Å². The van der Waals surface area contributed by atoms with Gasteiger partial charge in [-0.05, 0) is 61.2 Å². The number of hydrogen-bond acceptors (Lipinski definition) is 1. The van der Waals surface area contributed by atoms with Gasteiger partial charge >= 0.3 is 21.2 Å². The van der Waals surface area contributed by atoms with E-state index < -0.39 is 0 Å². The molecule has 0 N–H and O–H groups in total. The van der Waals surface area contributed by atoms with Crippen molar-refractivity contribution >= 4 is 0 Å². The summed E-state index contributed by atoms with van der Waals surface area (Å²) < 4.78 is 8.79. The Kier molecular flexibility index (Phi) is 10.8. The highest BCUT2D eigenvalue weighted by Crippen LogP contribution is 2.10. The van der Waals surface area contributed by atoms with Crippen LogP contribution in [-0.2, 0) is 6.42 Å². The van der Waals surface area contributed by atoms with Crippen molar-refractivity contribution in [3.8, 4) is 5.75 Å². The third-order valence-corrected chi connectivity index (χ3v) is 7.21. The molecule has 0 radical (unpaired) electrons. The number of ether oxygens (including phenoxy) is 1. The van der Waals surface area contributed by atoms with Gasteiger partial charge in [-0.3, -0.25) is 0 Å². The van der Waals surface area contributed by atoms with Crippen molar-refractivity contribution in [3.05, 3.63) is 61.2 Å². The van der Waals surface area contributed by atoms with E-state index in [1.165, 1.54) is 64.1 Å². The third kappa shape index (κ3) is 8.57. The average molecular weight is 465 g/mol. The minimum absolute atomic E-state index is 0.0940. The molecule has 0 saturated heterocycles. The highest BCUT2D eigenvalue weighted by atomic mass is 127. The summed E-state index contributed by atoms with van der Waals surface area (Å²) in [5, 5.41) is 0. The van der Waals surface area contributed by atoms with E-state index in [0.717, 1.165) is 18.8 Å². The maximum absolute atomic E-state index is 5.84. The van der Waals surface area contributed by atoms with Gasteiger partial charge in [0.1, 0.15) is 5.75 Å². The summed E-state index contributed by atoms with van der Waals surface area (Å²) in [4.78, 5) is 0. The second-order valence-corrected chi connectivity index (χ2v) is 9.93. The van der Waals surface area contributed by atoms with Crippen LogP contribution in [-0.4, -0.2) is 6.61 Å². The van der Waals surface area contributed by atoms with Gasteiger partial charge in [-0.2, -0.15) is 0 Å². The van der Waals surface area contributed by atoms with E-state index in [1.54, 1.807) is 0 Å². The zero-order valence-electron chi connectivity index (χ0n) is 16.5. The maximum atomic E-state index is 5.84. The second kappa shape index (κ2) is 13.2. The lowest BCUT2D eigenvalue weighted by molar-refractivity contribution is -0.597. The quantitative estimate of drug-likeness (QED) is 0.322. The first-order chi connectivity index (χ1) is 12.8. The molecule has 0 heterocycles. The molecule has 2 aromatic carbocycles. The first-order valence-electron chi connectivity index (χ1n) is 10.3. The average Bonchev–Trinajstić information content (AvgIpc) is 2.68. The Balaban J connectivity index is 1.74. The molecule has 2 aromatic rings. The Morgan fingerprint density at radius 1 is 0.654 bits per heavy atom. The van der Waals surface area contributed by atoms with E-state index in [4.69, 9.17) is 4.74 Å². The lowest BCUT2D eigenvalue weighted by Crippen LogP contribution is -3.61. The van der Waals surface area contributed by atoms with Crippen molar-refractivity contribution in [2.24, 2.45) is 0 Å². The Labute approximate surface area is 170 Å². The molecular formula is C24H34IO+. The molecule has 0 spiro atoms. The summed E-state index contributed by atoms with van der Waals surface area (Å²) >= 11 is -0.0940. The number of halogens is 1. The van der Waals surface area contributed by atoms with E-state index >= 15 is 0 Å². The molecule has 142 valence electrons. The second-order valence-electron chi connectivity index (χ2n) is 6.89. The largest absolute Gasteiger partial charge is 0.494 e. The molecule has 0 unspecified atom stereocenters. The van der Waals surface area contributed by atoms with Crippen LogP contribution in [0.5, 0.6) is 5.75 Å². The van der Waals surface area contributed by atoms with Gasteiger partial charge < -0.3 is 4.74 Å². The summed E-state index contributed by atoms with van der Waals surface area (Å²) in [6, 6.07) is 18.1. The molecule has 0 atom stereocenters. The molecular weight excluding hydrogens is 431 g/mol. The molecule has 0 fully saturated rings. The van der Waals surface area contributed by atoms with Gasteiger partial charge in [0, 0.05) is 0 Å². The first kappa shape index (κ1) is 21.3. The fourth-order valence-corrected chi connectivity index (χ4v) is 5.07. The molecule has 0 aliphatic heterocycles. The van der Waals surface area contributed by atoms with Crippen molar-refractivity contribution in [1.29, 1.82) is 0 Å². The van der Waals surface area contributed by atoms with Crippen LogP contribution in [0, 0.1) is 7.14 Å². The predicted octanol–water partition coefficient (Wildman–Crippen LogP) is 3.90. The third-order valence-electron chi connectivity index (χ3n) is 4.53. The van der Waals surface area contributed by atoms with Crippen molar-refractivity contribution < 1.29 is 25.9 Å². The van der Waals surface area contributed by atoms with E-state index in [-0.39, 0.29) is 21.2 Å². The lowest BCUT2D eigenvalue weighted by atomic mass is 10.1. The molecule has 0 amide bonds. The molecule has 2 rings (SSSR count). The molecule has 26 heavy (non-hydrogen) atoms. The number of hydrogen-bond donors (Lipinski definition) is 0. The van der Waals surface area contributed by atoms with E-state index in [0.29, 0.717) is 0 Å². The Morgan fingerprint density at radius 3 is 1.85 bits per heavy atom. The smallest absolute Gasteiger partial charge is 0.357 e. The summed E-state index contributed by atoms with van der Waals surface area (Å²) in [6.07, 6.45) is 11.6. The van der Waals surface area contributed by atoms with Crippen LogP contribution >= 0.6 is 0 Å². The highest BCUT2D eigenvalue weighted by Gasteiger charge is 2.15. The minimum Gasteiger partial charge on any atom is -0.494 e. The molecule has 0 bridgehead atoms. The van der Waals surface area contributed by atoms with Gasteiger partial charge in [-0.25, -0.2) is 0 Å². The number of unbranched alkanes of at least 4 members (excludes halogenated alkanes) is 6. The molecule has 0 aromatic heterocycles. The normalized spacial score (nSPS) is 10.8. The lowest BCUT2D eigenvalue weighted by Gasteiger charge is -2.05. The van der Waals surface area contributed by atoms with E-state index in [9.17, 15) is 0 Å². The summed E-state index contributed by atoms with van der Waals surface area (Å²) in [5.41, 5.74) is 1.49. The van der Waals surface area contributed by atoms with Crippen LogP contribution < -0.4 is 25.9 Å². The van der Waals surface area contributed by atoms with Crippen LogP contribution in [0.4, 0.5) is 0 Å². The fraction of sp³-hybridized carbons (Fsp3) is 0.500. The van der Waals surface area contributed by atoms with Gasteiger partial charge in [0.15, 0.2) is 7.14 Å². The Hall–Kier alpha value is -1.03. The standard InChI is InChI=1S/C24H34IO/c1-3-5-7-9-11-21-12-14-22(15-13-21)25-23-16-18-24(19-17-23)26-20-10-8-6-4-2/h12-19H,3-11,20H2,1-2H3/q+1. The van der Waals surface area contributed by atoms with Crippen LogP contribution in [0.2, 0.25) is 0 Å². The molecule has 0 aliphatic rings. The zero-order valence-corrected chi connectivity index (χ0v) is 18.6. The number of aryl methyl sites for hydroxylation is 1. The van der Waals surface area contributed by atoms with Crippen LogP contribution in [0.15, 0.2) is 48.5 Å². The molecule has 2 heteroatoms. The monoisotopic (exact) mass is 465 g/mol. The Bertz CT molecular complexity index is 589. The van der Waals surface area contributed by atoms with Crippen molar-refractivity contribution in [2.75, 3.05) is 6.61 Å². The number of rotatable bonds is 13.